The number of benzene rings is 1. The van der Waals surface area contributed by atoms with E-state index < -0.39 is 12.0 Å². The number of amides is 3. The molecule has 36 heavy (non-hydrogen) atoms. The number of hydrogen-bond acceptors (Lipinski definition) is 6. The molecule has 1 fully saturated rings. The number of aromatic nitrogens is 3. The molecule has 3 atom stereocenters. The van der Waals surface area contributed by atoms with Crippen LogP contribution in [0, 0.1) is 5.92 Å². The van der Waals surface area contributed by atoms with Crippen LogP contribution in [0.15, 0.2) is 54.9 Å². The molecule has 9 nitrogen and oxygen atoms in total. The minimum atomic E-state index is -0.941. The largest absolute Gasteiger partial charge is 0.384 e. The van der Waals surface area contributed by atoms with Crippen LogP contribution in [0.2, 0.25) is 5.02 Å². The second kappa shape index (κ2) is 10.5. The number of likely N-dealkylation sites (tertiary alicyclic amines) is 1. The van der Waals surface area contributed by atoms with Crippen molar-refractivity contribution < 1.29 is 14.4 Å². The Morgan fingerprint density at radius 3 is 2.64 bits per heavy atom. The summed E-state index contributed by atoms with van der Waals surface area (Å²) in [6.07, 6.45) is 4.33. The zero-order valence-electron chi connectivity index (χ0n) is 20.5. The summed E-state index contributed by atoms with van der Waals surface area (Å²) in [5.41, 5.74) is 7.50. The second-order valence-electron chi connectivity index (χ2n) is 9.06. The molecule has 3 heterocycles. The molecule has 3 aromatic rings. The zero-order valence-corrected chi connectivity index (χ0v) is 21.2. The highest BCUT2D eigenvalue weighted by Crippen LogP contribution is 2.35. The molecule has 2 N–H and O–H groups in total. The number of aryl methyl sites for hydroxylation is 1. The lowest BCUT2D eigenvalue weighted by molar-refractivity contribution is -0.170. The van der Waals surface area contributed by atoms with E-state index in [0.29, 0.717) is 23.1 Å². The fourth-order valence-corrected chi connectivity index (χ4v) is 4.84. The monoisotopic (exact) mass is 508 g/mol. The smallest absolute Gasteiger partial charge is 0.252 e. The van der Waals surface area contributed by atoms with Crippen LogP contribution in [0.4, 0.5) is 11.6 Å². The van der Waals surface area contributed by atoms with E-state index in [2.05, 4.69) is 10.1 Å². The summed E-state index contributed by atoms with van der Waals surface area (Å²) in [4.78, 5) is 46.8. The zero-order chi connectivity index (χ0) is 26.0. The van der Waals surface area contributed by atoms with E-state index >= 15 is 0 Å². The summed E-state index contributed by atoms with van der Waals surface area (Å²) < 4.78 is 1.59. The Labute approximate surface area is 214 Å². The molecular formula is C26H29ClN6O3. The Morgan fingerprint density at radius 2 is 2.00 bits per heavy atom. The van der Waals surface area contributed by atoms with Crippen LogP contribution in [-0.2, 0) is 27.9 Å². The number of nitrogens with two attached hydrogens (primary N) is 1. The molecule has 2 aromatic heterocycles. The molecule has 188 valence electrons. The molecular weight excluding hydrogens is 480 g/mol. The fourth-order valence-electron chi connectivity index (χ4n) is 4.64. The highest BCUT2D eigenvalue weighted by Gasteiger charge is 2.55. The maximum absolute atomic E-state index is 13.6. The number of nitrogens with zero attached hydrogens (tertiary/aromatic N) is 5. The standard InChI is InChI=1S/C26H29ClN6O3/c1-4-17(18-6-5-7-19(27)14-18)15-23(34)33-24(26(36)32(3)22-9-11-31(2)30-22)20(25(33)35)12-16-8-10-29-21(28)13-16/h5-11,13-14,17,20,24H,4,12,15H2,1-3H3,(H2,28,29)/t17-,20-,24+/m1/s1. The normalized spacial score (nSPS) is 18.0. The first-order valence-corrected chi connectivity index (χ1v) is 12.2. The minimum absolute atomic E-state index is 0.0919. The molecule has 0 unspecified atom stereocenters. The summed E-state index contributed by atoms with van der Waals surface area (Å²) in [6, 6.07) is 11.5. The number of pyridine rings is 1. The van der Waals surface area contributed by atoms with Crippen molar-refractivity contribution in [3.63, 3.8) is 0 Å². The SMILES string of the molecule is CC[C@H](CC(=O)N1C(=O)[C@H](Cc2ccnc(N)c2)[C@H]1C(=O)N(C)c1ccn(C)n1)c1cccc(Cl)c1. The molecule has 0 spiro atoms. The molecule has 0 aliphatic carbocycles. The summed E-state index contributed by atoms with van der Waals surface area (Å²) in [5.74, 6) is -1.19. The predicted molar refractivity (Wildman–Crippen MR) is 137 cm³/mol. The Kier molecular flexibility index (Phi) is 7.40. The van der Waals surface area contributed by atoms with E-state index in [-0.39, 0.29) is 36.5 Å². The van der Waals surface area contributed by atoms with Crippen LogP contribution in [-0.4, -0.2) is 50.5 Å². The average Bonchev–Trinajstić information content (AvgIpc) is 3.29. The Balaban J connectivity index is 1.60. The number of carbonyl (C=O) groups excluding carboxylic acids is 3. The molecule has 10 heteroatoms. The van der Waals surface area contributed by atoms with Crippen molar-refractivity contribution in [1.82, 2.24) is 19.7 Å². The first-order valence-electron chi connectivity index (χ1n) is 11.8. The van der Waals surface area contributed by atoms with E-state index in [1.165, 1.54) is 4.90 Å². The van der Waals surface area contributed by atoms with E-state index in [1.54, 1.807) is 55.4 Å². The molecule has 0 bridgehead atoms. The van der Waals surface area contributed by atoms with Gasteiger partial charge in [-0.3, -0.25) is 28.9 Å². The van der Waals surface area contributed by atoms with Gasteiger partial charge in [-0.15, -0.1) is 0 Å². The van der Waals surface area contributed by atoms with Crippen LogP contribution in [0.5, 0.6) is 0 Å². The van der Waals surface area contributed by atoms with Crippen molar-refractivity contribution in [1.29, 1.82) is 0 Å². The van der Waals surface area contributed by atoms with Gasteiger partial charge in [-0.25, -0.2) is 4.98 Å². The highest BCUT2D eigenvalue weighted by atomic mass is 35.5. The van der Waals surface area contributed by atoms with Gasteiger partial charge in [-0.2, -0.15) is 5.10 Å². The van der Waals surface area contributed by atoms with Gasteiger partial charge in [0.2, 0.25) is 11.8 Å². The highest BCUT2D eigenvalue weighted by molar-refractivity contribution is 6.30. The van der Waals surface area contributed by atoms with Crippen LogP contribution in [0.1, 0.15) is 36.8 Å². The lowest BCUT2D eigenvalue weighted by Crippen LogP contribution is -2.69. The number of likely N-dealkylation sites (N-methyl/N-ethyl adjacent to an activating group) is 1. The van der Waals surface area contributed by atoms with Crippen molar-refractivity contribution in [2.75, 3.05) is 17.7 Å². The van der Waals surface area contributed by atoms with Gasteiger partial charge < -0.3 is 5.73 Å². The molecule has 1 aliphatic heterocycles. The van der Waals surface area contributed by atoms with Gasteiger partial charge in [0, 0.05) is 44.0 Å². The van der Waals surface area contributed by atoms with E-state index in [1.807, 2.05) is 25.1 Å². The van der Waals surface area contributed by atoms with Crippen molar-refractivity contribution >= 4 is 41.0 Å². The molecule has 4 rings (SSSR count). The summed E-state index contributed by atoms with van der Waals surface area (Å²) >= 11 is 6.15. The summed E-state index contributed by atoms with van der Waals surface area (Å²) in [7, 11) is 3.35. The Morgan fingerprint density at radius 1 is 1.22 bits per heavy atom. The van der Waals surface area contributed by atoms with Gasteiger partial charge in [0.25, 0.3) is 5.91 Å². The molecule has 1 aliphatic rings. The van der Waals surface area contributed by atoms with Crippen LogP contribution in [0.3, 0.4) is 0 Å². The average molecular weight is 509 g/mol. The number of halogens is 1. The van der Waals surface area contributed by atoms with E-state index in [9.17, 15) is 14.4 Å². The number of imide groups is 1. The number of β-lactam (4-membered cyclic amide) rings is 1. The van der Waals surface area contributed by atoms with Crippen LogP contribution in [0.25, 0.3) is 0 Å². The number of anilines is 2. The third-order valence-electron chi connectivity index (χ3n) is 6.64. The molecule has 1 saturated heterocycles. The molecule has 1 aromatic carbocycles. The summed E-state index contributed by atoms with van der Waals surface area (Å²) in [6.45, 7) is 1.98. The van der Waals surface area contributed by atoms with Gasteiger partial charge in [0.1, 0.15) is 11.9 Å². The first-order chi connectivity index (χ1) is 17.2. The Hall–Kier alpha value is -3.72. The maximum Gasteiger partial charge on any atom is 0.252 e. The van der Waals surface area contributed by atoms with Crippen molar-refractivity contribution in [2.45, 2.75) is 38.1 Å². The predicted octanol–water partition coefficient (Wildman–Crippen LogP) is 3.19. The lowest BCUT2D eigenvalue weighted by Gasteiger charge is -2.46. The third-order valence-corrected chi connectivity index (χ3v) is 6.88. The van der Waals surface area contributed by atoms with E-state index in [4.69, 9.17) is 17.3 Å². The topological polar surface area (TPSA) is 114 Å². The van der Waals surface area contributed by atoms with Crippen molar-refractivity contribution in [3.05, 3.63) is 71.0 Å². The molecule has 0 radical (unpaired) electrons. The molecule has 3 amide bonds. The van der Waals surface area contributed by atoms with Gasteiger partial charge in [-0.05, 0) is 54.2 Å². The number of rotatable bonds is 8. The van der Waals surface area contributed by atoms with Crippen molar-refractivity contribution in [3.8, 4) is 0 Å². The first kappa shape index (κ1) is 25.4. The third kappa shape index (κ3) is 5.11. The van der Waals surface area contributed by atoms with Gasteiger partial charge in [0.05, 0.1) is 5.92 Å². The minimum Gasteiger partial charge on any atom is -0.384 e. The van der Waals surface area contributed by atoms with Gasteiger partial charge in [0.15, 0.2) is 5.82 Å². The number of hydrogen-bond donors (Lipinski definition) is 1. The van der Waals surface area contributed by atoms with E-state index in [0.717, 1.165) is 16.0 Å². The number of nitrogen functional groups attached to an aromatic ring is 1. The van der Waals surface area contributed by atoms with Crippen molar-refractivity contribution in [2.24, 2.45) is 13.0 Å². The van der Waals surface area contributed by atoms with Crippen LogP contribution >= 0.6 is 11.6 Å². The van der Waals surface area contributed by atoms with Crippen LogP contribution < -0.4 is 10.6 Å². The summed E-state index contributed by atoms with van der Waals surface area (Å²) in [5, 5.41) is 4.87. The van der Waals surface area contributed by atoms with Gasteiger partial charge in [-0.1, -0.05) is 30.7 Å². The second-order valence-corrected chi connectivity index (χ2v) is 9.49. The quantitative estimate of drug-likeness (QED) is 0.467. The Bertz CT molecular complexity index is 1290. The maximum atomic E-state index is 13.6. The van der Waals surface area contributed by atoms with Gasteiger partial charge >= 0.3 is 0 Å². The number of carbonyl (C=O) groups is 3. The molecule has 0 saturated carbocycles. The fraction of sp³-hybridized carbons (Fsp3) is 0.346. The lowest BCUT2D eigenvalue weighted by atomic mass is 9.80.